The van der Waals surface area contributed by atoms with Gasteiger partial charge in [-0.25, -0.2) is 0 Å². The van der Waals surface area contributed by atoms with Crippen molar-refractivity contribution in [3.8, 4) is 17.2 Å². The molecule has 0 radical (unpaired) electrons. The number of ether oxygens (including phenoxy) is 3. The molecule has 140 valence electrons. The molecule has 1 unspecified atom stereocenters. The lowest BCUT2D eigenvalue weighted by molar-refractivity contribution is 0.0963. The van der Waals surface area contributed by atoms with E-state index >= 15 is 0 Å². The Kier molecular flexibility index (Phi) is 4.85. The third kappa shape index (κ3) is 3.25. The molecule has 4 rings (SSSR count). The highest BCUT2D eigenvalue weighted by molar-refractivity contribution is 6.14. The van der Waals surface area contributed by atoms with Crippen LogP contribution in [0.2, 0.25) is 0 Å². The van der Waals surface area contributed by atoms with Crippen molar-refractivity contribution in [2.45, 2.75) is 6.10 Å². The fraction of sp³-hybridized carbons (Fsp3) is 0.125. The molecule has 3 aromatic carbocycles. The molecule has 4 heteroatoms. The zero-order valence-corrected chi connectivity index (χ0v) is 15.7. The highest BCUT2D eigenvalue weighted by Gasteiger charge is 2.32. The van der Waals surface area contributed by atoms with E-state index in [1.54, 1.807) is 26.4 Å². The van der Waals surface area contributed by atoms with Crippen molar-refractivity contribution in [1.82, 2.24) is 0 Å². The van der Waals surface area contributed by atoms with Crippen LogP contribution < -0.4 is 14.2 Å². The maximum absolute atomic E-state index is 13.3. The zero-order valence-electron chi connectivity index (χ0n) is 15.7. The van der Waals surface area contributed by atoms with E-state index in [0.29, 0.717) is 28.4 Å². The van der Waals surface area contributed by atoms with E-state index in [0.717, 1.165) is 11.1 Å². The Morgan fingerprint density at radius 1 is 0.893 bits per heavy atom. The second-order valence-corrected chi connectivity index (χ2v) is 6.44. The van der Waals surface area contributed by atoms with Crippen LogP contribution in [0.4, 0.5) is 0 Å². The number of hydrogen-bond acceptors (Lipinski definition) is 4. The minimum atomic E-state index is -0.490. The van der Waals surface area contributed by atoms with Gasteiger partial charge in [-0.05, 0) is 35.9 Å². The molecule has 0 N–H and O–H groups in total. The Labute approximate surface area is 164 Å². The Balaban J connectivity index is 1.86. The van der Waals surface area contributed by atoms with E-state index in [9.17, 15) is 4.79 Å². The Morgan fingerprint density at radius 3 is 2.39 bits per heavy atom. The maximum atomic E-state index is 13.3. The van der Waals surface area contributed by atoms with Crippen molar-refractivity contribution < 1.29 is 19.0 Å². The average molecular weight is 372 g/mol. The molecule has 0 bridgehead atoms. The normalized spacial score (nSPS) is 17.0. The summed E-state index contributed by atoms with van der Waals surface area (Å²) >= 11 is 0. The number of hydrogen-bond donors (Lipinski definition) is 0. The van der Waals surface area contributed by atoms with E-state index in [-0.39, 0.29) is 5.78 Å². The maximum Gasteiger partial charge on any atom is 0.196 e. The van der Waals surface area contributed by atoms with Crippen molar-refractivity contribution >= 4 is 11.9 Å². The lowest BCUT2D eigenvalue weighted by Crippen LogP contribution is -2.23. The highest BCUT2D eigenvalue weighted by Crippen LogP contribution is 2.40. The quantitative estimate of drug-likeness (QED) is 0.598. The SMILES string of the molecule is COc1ccc(/C=C2/C(=O)c3ccccc3OC2c2ccccc2)c(OC)c1. The van der Waals surface area contributed by atoms with Gasteiger partial charge in [-0.15, -0.1) is 0 Å². The second kappa shape index (κ2) is 7.61. The van der Waals surface area contributed by atoms with Gasteiger partial charge in [-0.3, -0.25) is 4.79 Å². The van der Waals surface area contributed by atoms with Crippen LogP contribution >= 0.6 is 0 Å². The number of para-hydroxylation sites is 1. The number of Topliss-reactive ketones (excluding diaryl/α,β-unsaturated/α-hetero) is 1. The summed E-state index contributed by atoms with van der Waals surface area (Å²) in [4.78, 5) is 13.3. The first-order valence-electron chi connectivity index (χ1n) is 9.00. The third-order valence-corrected chi connectivity index (χ3v) is 4.78. The minimum absolute atomic E-state index is 0.0476. The number of rotatable bonds is 4. The van der Waals surface area contributed by atoms with Crippen molar-refractivity contribution in [2.24, 2.45) is 0 Å². The molecule has 1 atom stereocenters. The van der Waals surface area contributed by atoms with E-state index in [1.165, 1.54) is 0 Å². The molecule has 28 heavy (non-hydrogen) atoms. The van der Waals surface area contributed by atoms with Gasteiger partial charge in [0.25, 0.3) is 0 Å². The summed E-state index contributed by atoms with van der Waals surface area (Å²) in [6, 6.07) is 22.6. The molecule has 0 aliphatic carbocycles. The summed E-state index contributed by atoms with van der Waals surface area (Å²) in [7, 11) is 3.20. The molecule has 0 fully saturated rings. The van der Waals surface area contributed by atoms with Crippen LogP contribution in [0, 0.1) is 0 Å². The van der Waals surface area contributed by atoms with Crippen LogP contribution in [0.3, 0.4) is 0 Å². The summed E-state index contributed by atoms with van der Waals surface area (Å²) < 4.78 is 17.0. The van der Waals surface area contributed by atoms with Crippen molar-refractivity contribution in [1.29, 1.82) is 0 Å². The lowest BCUT2D eigenvalue weighted by Gasteiger charge is -2.28. The van der Waals surface area contributed by atoms with Gasteiger partial charge in [0.05, 0.1) is 19.8 Å². The fourth-order valence-electron chi connectivity index (χ4n) is 3.34. The van der Waals surface area contributed by atoms with Gasteiger partial charge in [-0.2, -0.15) is 0 Å². The van der Waals surface area contributed by atoms with Gasteiger partial charge < -0.3 is 14.2 Å². The monoisotopic (exact) mass is 372 g/mol. The highest BCUT2D eigenvalue weighted by atomic mass is 16.5. The Hall–Kier alpha value is -3.53. The van der Waals surface area contributed by atoms with E-state index in [1.807, 2.05) is 66.7 Å². The van der Waals surface area contributed by atoms with E-state index < -0.39 is 6.10 Å². The van der Waals surface area contributed by atoms with Gasteiger partial charge in [0, 0.05) is 17.2 Å². The molecule has 1 heterocycles. The predicted molar refractivity (Wildman–Crippen MR) is 108 cm³/mol. The zero-order chi connectivity index (χ0) is 19.5. The lowest BCUT2D eigenvalue weighted by atomic mass is 9.89. The molecular formula is C24H20O4. The molecule has 0 saturated heterocycles. The van der Waals surface area contributed by atoms with Crippen LogP contribution in [-0.2, 0) is 0 Å². The molecule has 3 aromatic rings. The second-order valence-electron chi connectivity index (χ2n) is 6.44. The molecule has 1 aliphatic rings. The van der Waals surface area contributed by atoms with Gasteiger partial charge in [0.2, 0.25) is 0 Å². The minimum Gasteiger partial charge on any atom is -0.497 e. The smallest absolute Gasteiger partial charge is 0.196 e. The fourth-order valence-corrected chi connectivity index (χ4v) is 3.34. The molecular weight excluding hydrogens is 352 g/mol. The van der Waals surface area contributed by atoms with Gasteiger partial charge in [-0.1, -0.05) is 42.5 Å². The number of carbonyl (C=O) groups excluding carboxylic acids is 1. The molecule has 4 nitrogen and oxygen atoms in total. The van der Waals surface area contributed by atoms with Crippen LogP contribution in [0.25, 0.3) is 6.08 Å². The van der Waals surface area contributed by atoms with Crippen molar-refractivity contribution in [3.05, 3.63) is 95.1 Å². The molecule has 0 spiro atoms. The summed E-state index contributed by atoms with van der Waals surface area (Å²) in [6.07, 6.45) is 1.35. The largest absolute Gasteiger partial charge is 0.497 e. The molecule has 0 amide bonds. The number of fused-ring (bicyclic) bond motifs is 1. The predicted octanol–water partition coefficient (Wildman–Crippen LogP) is 5.10. The third-order valence-electron chi connectivity index (χ3n) is 4.78. The molecule has 0 saturated carbocycles. The van der Waals surface area contributed by atoms with Crippen LogP contribution in [0.15, 0.2) is 78.4 Å². The number of methoxy groups -OCH3 is 2. The number of ketones is 1. The molecule has 0 aromatic heterocycles. The van der Waals surface area contributed by atoms with Crippen molar-refractivity contribution in [2.75, 3.05) is 14.2 Å². The average Bonchev–Trinajstić information content (AvgIpc) is 2.76. The van der Waals surface area contributed by atoms with Crippen LogP contribution in [-0.4, -0.2) is 20.0 Å². The summed E-state index contributed by atoms with van der Waals surface area (Å²) in [5, 5.41) is 0. The Morgan fingerprint density at radius 2 is 1.64 bits per heavy atom. The number of carbonyl (C=O) groups is 1. The van der Waals surface area contributed by atoms with E-state index in [2.05, 4.69) is 0 Å². The Bertz CT molecular complexity index is 1040. The first-order chi connectivity index (χ1) is 13.7. The summed E-state index contributed by atoms with van der Waals surface area (Å²) in [6.45, 7) is 0. The summed E-state index contributed by atoms with van der Waals surface area (Å²) in [5.74, 6) is 1.87. The van der Waals surface area contributed by atoms with Crippen LogP contribution in [0.1, 0.15) is 27.6 Å². The van der Waals surface area contributed by atoms with Gasteiger partial charge in [0.1, 0.15) is 17.2 Å². The number of benzene rings is 3. The van der Waals surface area contributed by atoms with Gasteiger partial charge in [0.15, 0.2) is 11.9 Å². The first kappa shape index (κ1) is 17.9. The summed E-state index contributed by atoms with van der Waals surface area (Å²) in [5.41, 5.74) is 2.83. The van der Waals surface area contributed by atoms with Gasteiger partial charge >= 0.3 is 0 Å². The standard InChI is InChI=1S/C24H20O4/c1-26-18-13-12-17(22(15-18)27-2)14-20-23(25)19-10-6-7-11-21(19)28-24(20)16-8-4-3-5-9-16/h3-15,24H,1-2H3/b20-14-. The van der Waals surface area contributed by atoms with Crippen LogP contribution in [0.5, 0.6) is 17.2 Å². The first-order valence-corrected chi connectivity index (χ1v) is 9.00. The van der Waals surface area contributed by atoms with E-state index in [4.69, 9.17) is 14.2 Å². The van der Waals surface area contributed by atoms with Crippen molar-refractivity contribution in [3.63, 3.8) is 0 Å². The topological polar surface area (TPSA) is 44.8 Å². The molecule has 1 aliphatic heterocycles.